The van der Waals surface area contributed by atoms with E-state index in [-0.39, 0.29) is 0 Å². The number of hydrogen-bond acceptors (Lipinski definition) is 4. The molecule has 0 saturated carbocycles. The summed E-state index contributed by atoms with van der Waals surface area (Å²) >= 11 is 1.62. The molecular weight excluding hydrogens is 284 g/mol. The van der Waals surface area contributed by atoms with Crippen molar-refractivity contribution in [1.29, 1.82) is 0 Å². The Labute approximate surface area is 129 Å². The van der Waals surface area contributed by atoms with Crippen molar-refractivity contribution in [3.8, 4) is 11.5 Å². The lowest BCUT2D eigenvalue weighted by atomic mass is 10.1. The molecule has 0 atom stereocenters. The Balaban J connectivity index is 2.34. The summed E-state index contributed by atoms with van der Waals surface area (Å²) in [5.74, 6) is 0.967. The highest BCUT2D eigenvalue weighted by Gasteiger charge is 2.09. The Morgan fingerprint density at radius 2 is 1.33 bits per heavy atom. The lowest BCUT2D eigenvalue weighted by molar-refractivity contribution is -0.120. The quantitative estimate of drug-likeness (QED) is 0.855. The first kappa shape index (κ1) is 15.4. The van der Waals surface area contributed by atoms with Crippen molar-refractivity contribution in [2.24, 2.45) is 0 Å². The first-order valence-electron chi connectivity index (χ1n) is 6.62. The molecule has 0 aliphatic heterocycles. The number of benzene rings is 2. The molecule has 0 aliphatic rings. The Kier molecular flexibility index (Phi) is 4.58. The summed E-state index contributed by atoms with van der Waals surface area (Å²) in [6, 6.07) is 7.92. The third-order valence-electron chi connectivity index (χ3n) is 3.30. The summed E-state index contributed by atoms with van der Waals surface area (Å²) in [5, 5.41) is 9.82. The van der Waals surface area contributed by atoms with Gasteiger partial charge in [0.15, 0.2) is 0 Å². The molecule has 3 nitrogen and oxygen atoms in total. The van der Waals surface area contributed by atoms with Crippen molar-refractivity contribution < 1.29 is 14.6 Å². The largest absolute Gasteiger partial charge is 0.507 e. The van der Waals surface area contributed by atoms with Crippen molar-refractivity contribution in [2.75, 3.05) is 0 Å². The third kappa shape index (κ3) is 3.39. The molecule has 2 rings (SSSR count). The lowest BCUT2D eigenvalue weighted by Crippen LogP contribution is -1.95. The van der Waals surface area contributed by atoms with Crippen LogP contribution in [0.1, 0.15) is 22.3 Å². The number of rotatable bonds is 4. The molecule has 1 N–H and O–H groups in total. The molecule has 2 aromatic carbocycles. The molecule has 0 amide bonds. The van der Waals surface area contributed by atoms with Crippen LogP contribution in [0, 0.1) is 27.7 Å². The van der Waals surface area contributed by atoms with Gasteiger partial charge in [-0.15, -0.1) is 0 Å². The van der Waals surface area contributed by atoms with Crippen LogP contribution in [-0.4, -0.2) is 11.6 Å². The summed E-state index contributed by atoms with van der Waals surface area (Å²) in [7, 11) is 0. The van der Waals surface area contributed by atoms with E-state index in [0.29, 0.717) is 18.0 Å². The maximum Gasteiger partial charge on any atom is 0.298 e. The molecule has 0 radical (unpaired) electrons. The molecule has 0 aromatic heterocycles. The minimum atomic E-state index is 0.349. The fourth-order valence-corrected chi connectivity index (χ4v) is 3.53. The number of carbonyl (C=O) groups is 1. The van der Waals surface area contributed by atoms with Crippen LogP contribution in [0.3, 0.4) is 0 Å². The van der Waals surface area contributed by atoms with Crippen LogP contribution in [0.25, 0.3) is 0 Å². The van der Waals surface area contributed by atoms with E-state index in [1.165, 1.54) is 0 Å². The predicted octanol–water partition coefficient (Wildman–Crippen LogP) is 4.31. The minimum absolute atomic E-state index is 0.349. The fraction of sp³-hybridized carbons (Fsp3) is 0.235. The summed E-state index contributed by atoms with van der Waals surface area (Å²) in [5.41, 5.74) is 3.59. The molecule has 0 spiro atoms. The minimum Gasteiger partial charge on any atom is -0.507 e. The molecule has 21 heavy (non-hydrogen) atoms. The Bertz CT molecular complexity index is 646. The van der Waals surface area contributed by atoms with Gasteiger partial charge in [0.05, 0.1) is 0 Å². The molecule has 110 valence electrons. The summed E-state index contributed by atoms with van der Waals surface area (Å²) in [6.45, 7) is 8.08. The van der Waals surface area contributed by atoms with E-state index in [9.17, 15) is 9.90 Å². The molecule has 0 bridgehead atoms. The van der Waals surface area contributed by atoms with Gasteiger partial charge in [0.2, 0.25) is 0 Å². The zero-order chi connectivity index (χ0) is 15.6. The number of phenols is 1. The van der Waals surface area contributed by atoms with Gasteiger partial charge in [-0.25, -0.2) is 0 Å². The highest BCUT2D eigenvalue weighted by molar-refractivity contribution is 7.99. The van der Waals surface area contributed by atoms with Gasteiger partial charge in [0.1, 0.15) is 11.5 Å². The number of aryl methyl sites for hydroxylation is 4. The highest BCUT2D eigenvalue weighted by atomic mass is 32.2. The van der Waals surface area contributed by atoms with Gasteiger partial charge in [0.25, 0.3) is 6.47 Å². The first-order chi connectivity index (χ1) is 9.92. The van der Waals surface area contributed by atoms with Gasteiger partial charge in [0, 0.05) is 9.79 Å². The van der Waals surface area contributed by atoms with Gasteiger partial charge >= 0.3 is 0 Å². The molecule has 0 saturated heterocycles. The number of hydrogen-bond donors (Lipinski definition) is 1. The molecular formula is C17H18O3S. The smallest absolute Gasteiger partial charge is 0.298 e. The third-order valence-corrected chi connectivity index (χ3v) is 4.24. The number of phenolic OH excluding ortho intramolecular Hbond substituents is 1. The Hall–Kier alpha value is -1.94. The Morgan fingerprint density at radius 3 is 1.76 bits per heavy atom. The van der Waals surface area contributed by atoms with Crippen LogP contribution >= 0.6 is 11.8 Å². The fourth-order valence-electron chi connectivity index (χ4n) is 2.31. The predicted molar refractivity (Wildman–Crippen MR) is 84.3 cm³/mol. The van der Waals surface area contributed by atoms with Gasteiger partial charge in [-0.2, -0.15) is 0 Å². The van der Waals surface area contributed by atoms with Crippen molar-refractivity contribution in [3.05, 3.63) is 46.5 Å². The summed E-state index contributed by atoms with van der Waals surface area (Å²) in [4.78, 5) is 12.7. The van der Waals surface area contributed by atoms with Gasteiger partial charge in [-0.1, -0.05) is 11.8 Å². The van der Waals surface area contributed by atoms with Crippen molar-refractivity contribution >= 4 is 18.2 Å². The zero-order valence-corrected chi connectivity index (χ0v) is 13.4. The molecule has 2 aromatic rings. The standard InChI is InChI=1S/C17H18O3S/c1-10-5-14(6-11(2)16(10)19)21-15-7-12(3)17(20-9-18)13(4)8-15/h5-9,19H,1-4H3. The van der Waals surface area contributed by atoms with E-state index in [1.807, 2.05) is 52.0 Å². The van der Waals surface area contributed by atoms with Crippen molar-refractivity contribution in [2.45, 2.75) is 37.5 Å². The van der Waals surface area contributed by atoms with Gasteiger partial charge in [-0.05, 0) is 74.2 Å². The number of aromatic hydroxyl groups is 1. The van der Waals surface area contributed by atoms with Crippen LogP contribution in [0.15, 0.2) is 34.1 Å². The van der Waals surface area contributed by atoms with Gasteiger partial charge in [-0.3, -0.25) is 4.79 Å². The van der Waals surface area contributed by atoms with Crippen LogP contribution in [-0.2, 0) is 4.79 Å². The van der Waals surface area contributed by atoms with E-state index in [1.54, 1.807) is 11.8 Å². The maximum absolute atomic E-state index is 10.5. The van der Waals surface area contributed by atoms with E-state index >= 15 is 0 Å². The van der Waals surface area contributed by atoms with Gasteiger partial charge < -0.3 is 9.84 Å². The molecule has 4 heteroatoms. The van der Waals surface area contributed by atoms with Crippen molar-refractivity contribution in [3.63, 3.8) is 0 Å². The molecule has 0 fully saturated rings. The average Bonchev–Trinajstić information content (AvgIpc) is 2.40. The van der Waals surface area contributed by atoms with Crippen LogP contribution in [0.2, 0.25) is 0 Å². The first-order valence-corrected chi connectivity index (χ1v) is 7.43. The second-order valence-corrected chi connectivity index (χ2v) is 6.25. The second-order valence-electron chi connectivity index (χ2n) is 5.11. The Morgan fingerprint density at radius 1 is 0.905 bits per heavy atom. The van der Waals surface area contributed by atoms with E-state index in [0.717, 1.165) is 32.0 Å². The van der Waals surface area contributed by atoms with E-state index in [4.69, 9.17) is 4.74 Å². The second kappa shape index (κ2) is 6.22. The average molecular weight is 302 g/mol. The topological polar surface area (TPSA) is 46.5 Å². The highest BCUT2D eigenvalue weighted by Crippen LogP contribution is 2.36. The van der Waals surface area contributed by atoms with Crippen LogP contribution in [0.5, 0.6) is 11.5 Å². The lowest BCUT2D eigenvalue weighted by Gasteiger charge is -2.11. The maximum atomic E-state index is 10.5. The summed E-state index contributed by atoms with van der Waals surface area (Å²) < 4.78 is 5.00. The van der Waals surface area contributed by atoms with Crippen LogP contribution < -0.4 is 4.74 Å². The van der Waals surface area contributed by atoms with E-state index < -0.39 is 0 Å². The van der Waals surface area contributed by atoms with Crippen molar-refractivity contribution in [1.82, 2.24) is 0 Å². The zero-order valence-electron chi connectivity index (χ0n) is 12.6. The molecule has 0 unspecified atom stereocenters. The SMILES string of the molecule is Cc1cc(Sc2cc(C)c(OC=O)c(C)c2)cc(C)c1O. The summed E-state index contributed by atoms with van der Waals surface area (Å²) in [6.07, 6.45) is 0. The normalized spacial score (nSPS) is 10.5. The van der Waals surface area contributed by atoms with Crippen LogP contribution in [0.4, 0.5) is 0 Å². The van der Waals surface area contributed by atoms with E-state index in [2.05, 4.69) is 0 Å². The number of carbonyl (C=O) groups excluding carboxylic acids is 1. The molecule has 0 heterocycles. The monoisotopic (exact) mass is 302 g/mol. The molecule has 0 aliphatic carbocycles. The number of ether oxygens (including phenoxy) is 1.